The summed E-state index contributed by atoms with van der Waals surface area (Å²) < 4.78 is 21.0. The number of fused-ring (bicyclic) bond motifs is 1. The van der Waals surface area contributed by atoms with Crippen LogP contribution in [0.25, 0.3) is 10.2 Å². The van der Waals surface area contributed by atoms with Gasteiger partial charge in [0.15, 0.2) is 0 Å². The molecule has 0 spiro atoms. The van der Waals surface area contributed by atoms with Crippen molar-refractivity contribution in [1.82, 2.24) is 15.2 Å². The molecule has 0 aliphatic carbocycles. The minimum absolute atomic E-state index is 0.0541. The largest absolute Gasteiger partial charge is 0.456 e. The first kappa shape index (κ1) is 29.8. The van der Waals surface area contributed by atoms with Crippen molar-refractivity contribution in [1.29, 1.82) is 0 Å². The molecule has 2 aromatic heterocycles. The number of aromatic nitrogens is 1. The average molecular weight is 590 g/mol. The molecule has 1 fully saturated rings. The summed E-state index contributed by atoms with van der Waals surface area (Å²) in [6.45, 7) is 5.57. The third-order valence-corrected chi connectivity index (χ3v) is 8.68. The van der Waals surface area contributed by atoms with Gasteiger partial charge < -0.3 is 20.1 Å². The highest BCUT2D eigenvalue weighted by Crippen LogP contribution is 2.35. The van der Waals surface area contributed by atoms with E-state index in [2.05, 4.69) is 15.2 Å². The van der Waals surface area contributed by atoms with Gasteiger partial charge in [-0.3, -0.25) is 14.6 Å². The lowest BCUT2D eigenvalue weighted by molar-refractivity contribution is -0.117. The van der Waals surface area contributed by atoms with E-state index in [1.54, 1.807) is 42.6 Å². The van der Waals surface area contributed by atoms with E-state index >= 15 is 0 Å². The fourth-order valence-electron chi connectivity index (χ4n) is 5.35. The third kappa shape index (κ3) is 7.79. The summed E-state index contributed by atoms with van der Waals surface area (Å²) in [5.74, 6) is 1.02. The van der Waals surface area contributed by atoms with E-state index in [9.17, 15) is 19.1 Å². The zero-order valence-electron chi connectivity index (χ0n) is 23.8. The number of carbonyl (C=O) groups excluding carboxylic acids is 2. The Labute approximate surface area is 249 Å². The Hall–Kier alpha value is -3.66. The van der Waals surface area contributed by atoms with Crippen molar-refractivity contribution in [2.45, 2.75) is 39.0 Å². The van der Waals surface area contributed by atoms with E-state index in [0.29, 0.717) is 39.9 Å². The van der Waals surface area contributed by atoms with Crippen LogP contribution in [0.15, 0.2) is 60.8 Å². The standard InChI is InChI=1S/C33H36FN3O4S/c1-22-5-10-28(34)25(16-22)18-26(39)17-23-6-8-27(9-7-23)41-30-11-13-35-29-19-31(42-32(29)30)33(40)36-12-3-15-37-14-2-4-24(20-37)21-38/h5-11,13,16,19,24,38H,2-4,12,14-15,17-18,20-21H2,1H3,(H,36,40). The minimum atomic E-state index is -0.360. The van der Waals surface area contributed by atoms with E-state index in [1.807, 2.05) is 19.1 Å². The van der Waals surface area contributed by atoms with Crippen LogP contribution in [0.3, 0.4) is 0 Å². The highest BCUT2D eigenvalue weighted by molar-refractivity contribution is 7.21. The van der Waals surface area contributed by atoms with Crippen LogP contribution < -0.4 is 10.1 Å². The fraction of sp³-hybridized carbons (Fsp3) is 0.364. The maximum atomic E-state index is 14.0. The molecule has 3 heterocycles. The van der Waals surface area contributed by atoms with Crippen LogP contribution in [0, 0.1) is 18.7 Å². The lowest BCUT2D eigenvalue weighted by Gasteiger charge is -2.31. The van der Waals surface area contributed by atoms with Gasteiger partial charge in [-0.1, -0.05) is 29.8 Å². The molecule has 7 nitrogen and oxygen atoms in total. The van der Waals surface area contributed by atoms with Crippen molar-refractivity contribution in [3.05, 3.63) is 88.2 Å². The van der Waals surface area contributed by atoms with Crippen LogP contribution in [-0.4, -0.2) is 59.5 Å². The van der Waals surface area contributed by atoms with Crippen molar-refractivity contribution in [3.8, 4) is 11.5 Å². The zero-order chi connectivity index (χ0) is 29.5. The van der Waals surface area contributed by atoms with E-state index < -0.39 is 0 Å². The topological polar surface area (TPSA) is 91.8 Å². The molecule has 1 amide bonds. The van der Waals surface area contributed by atoms with Gasteiger partial charge in [0.1, 0.15) is 23.1 Å². The van der Waals surface area contributed by atoms with Gasteiger partial charge in [-0.15, -0.1) is 11.3 Å². The Morgan fingerprint density at radius 2 is 1.98 bits per heavy atom. The quantitative estimate of drug-likeness (QED) is 0.206. The number of thiophene rings is 1. The summed E-state index contributed by atoms with van der Waals surface area (Å²) in [6.07, 6.45) is 4.96. The smallest absolute Gasteiger partial charge is 0.261 e. The summed E-state index contributed by atoms with van der Waals surface area (Å²) in [4.78, 5) is 32.8. The number of likely N-dealkylation sites (tertiary alicyclic amines) is 1. The predicted octanol–water partition coefficient (Wildman–Crippen LogP) is 5.71. The first-order valence-electron chi connectivity index (χ1n) is 14.4. The van der Waals surface area contributed by atoms with E-state index in [0.717, 1.165) is 54.7 Å². The van der Waals surface area contributed by atoms with E-state index in [1.165, 1.54) is 17.4 Å². The summed E-state index contributed by atoms with van der Waals surface area (Å²) in [5, 5.41) is 12.4. The number of aliphatic hydroxyl groups excluding tert-OH is 1. The second-order valence-corrected chi connectivity index (χ2v) is 12.0. The van der Waals surface area contributed by atoms with Crippen molar-refractivity contribution >= 4 is 33.2 Å². The molecule has 1 atom stereocenters. The number of amides is 1. The number of piperidine rings is 1. The number of Topliss-reactive ketones (excluding diaryl/α,β-unsaturated/α-hetero) is 1. The Balaban J connectivity index is 1.14. The molecule has 1 aliphatic rings. The number of pyridine rings is 1. The number of nitrogens with zero attached hydrogens (tertiary/aromatic N) is 2. The van der Waals surface area contributed by atoms with Crippen molar-refractivity contribution in [2.75, 3.05) is 32.8 Å². The predicted molar refractivity (Wildman–Crippen MR) is 163 cm³/mol. The monoisotopic (exact) mass is 589 g/mol. The van der Waals surface area contributed by atoms with Gasteiger partial charge in [-0.2, -0.15) is 0 Å². The Kier molecular flexibility index (Phi) is 9.94. The van der Waals surface area contributed by atoms with Crippen LogP contribution in [0.2, 0.25) is 0 Å². The molecule has 220 valence electrons. The van der Waals surface area contributed by atoms with E-state index in [-0.39, 0.29) is 37.0 Å². The number of nitrogens with one attached hydrogen (secondary N) is 1. The van der Waals surface area contributed by atoms with Gasteiger partial charge in [0.2, 0.25) is 0 Å². The number of ketones is 1. The number of rotatable bonds is 12. The molecule has 2 aromatic carbocycles. The minimum Gasteiger partial charge on any atom is -0.456 e. The maximum absolute atomic E-state index is 14.0. The first-order chi connectivity index (χ1) is 20.4. The maximum Gasteiger partial charge on any atom is 0.261 e. The summed E-state index contributed by atoms with van der Waals surface area (Å²) in [7, 11) is 0. The average Bonchev–Trinajstić information content (AvgIpc) is 3.44. The highest BCUT2D eigenvalue weighted by Gasteiger charge is 2.19. The fourth-order valence-corrected chi connectivity index (χ4v) is 6.33. The second-order valence-electron chi connectivity index (χ2n) is 11.0. The van der Waals surface area contributed by atoms with Crippen LogP contribution in [0.5, 0.6) is 11.5 Å². The van der Waals surface area contributed by atoms with Gasteiger partial charge in [0, 0.05) is 44.8 Å². The molecular weight excluding hydrogens is 553 g/mol. The number of aryl methyl sites for hydroxylation is 1. The number of carbonyl (C=O) groups is 2. The number of aliphatic hydroxyl groups is 1. The van der Waals surface area contributed by atoms with Crippen molar-refractivity contribution in [3.63, 3.8) is 0 Å². The second kappa shape index (κ2) is 14.0. The van der Waals surface area contributed by atoms with Crippen LogP contribution in [0.4, 0.5) is 4.39 Å². The van der Waals surface area contributed by atoms with E-state index in [4.69, 9.17) is 4.74 Å². The lowest BCUT2D eigenvalue weighted by Crippen LogP contribution is -2.38. The lowest BCUT2D eigenvalue weighted by atomic mass is 9.99. The normalized spacial score (nSPS) is 15.5. The van der Waals surface area contributed by atoms with Gasteiger partial charge in [0.25, 0.3) is 5.91 Å². The molecule has 42 heavy (non-hydrogen) atoms. The molecule has 1 aliphatic heterocycles. The summed E-state index contributed by atoms with van der Waals surface area (Å²) >= 11 is 1.34. The summed E-state index contributed by atoms with van der Waals surface area (Å²) in [6, 6.07) is 15.6. The van der Waals surface area contributed by atoms with Gasteiger partial charge in [-0.25, -0.2) is 4.39 Å². The van der Waals surface area contributed by atoms with Gasteiger partial charge in [-0.05, 0) is 80.6 Å². The molecular formula is C33H36FN3O4S. The Morgan fingerprint density at radius 3 is 2.79 bits per heavy atom. The first-order valence-corrected chi connectivity index (χ1v) is 15.2. The molecule has 0 saturated carbocycles. The van der Waals surface area contributed by atoms with Crippen LogP contribution >= 0.6 is 11.3 Å². The molecule has 9 heteroatoms. The van der Waals surface area contributed by atoms with Crippen LogP contribution in [-0.2, 0) is 17.6 Å². The molecule has 1 saturated heterocycles. The Bertz CT molecular complexity index is 1540. The number of hydrogen-bond acceptors (Lipinski definition) is 7. The molecule has 5 rings (SSSR count). The van der Waals surface area contributed by atoms with Crippen molar-refractivity contribution < 1.29 is 23.8 Å². The number of hydrogen-bond donors (Lipinski definition) is 2. The molecule has 2 N–H and O–H groups in total. The molecule has 1 unspecified atom stereocenters. The van der Waals surface area contributed by atoms with Gasteiger partial charge in [0.05, 0.1) is 15.1 Å². The molecule has 0 bridgehead atoms. The van der Waals surface area contributed by atoms with Crippen molar-refractivity contribution in [2.24, 2.45) is 5.92 Å². The number of ether oxygens (including phenoxy) is 1. The molecule has 0 radical (unpaired) electrons. The number of benzene rings is 2. The SMILES string of the molecule is Cc1ccc(F)c(CC(=O)Cc2ccc(Oc3ccnc4cc(C(=O)NCCCN5CCCC(CO)C5)sc34)cc2)c1. The highest BCUT2D eigenvalue weighted by atomic mass is 32.1. The third-order valence-electron chi connectivity index (χ3n) is 7.54. The summed E-state index contributed by atoms with van der Waals surface area (Å²) in [5.41, 5.74) is 2.85. The molecule has 4 aromatic rings. The number of halogens is 1. The zero-order valence-corrected chi connectivity index (χ0v) is 24.6. The van der Waals surface area contributed by atoms with Crippen LogP contribution in [0.1, 0.15) is 45.6 Å². The Morgan fingerprint density at radius 1 is 1.14 bits per heavy atom. The van der Waals surface area contributed by atoms with Gasteiger partial charge >= 0.3 is 0 Å².